The van der Waals surface area contributed by atoms with Crippen LogP contribution in [0.1, 0.15) is 114 Å². The van der Waals surface area contributed by atoms with E-state index in [0.29, 0.717) is 45.2 Å². The highest BCUT2D eigenvalue weighted by atomic mass is 16.6. The number of rotatable bonds is 18. The average Bonchev–Trinajstić information content (AvgIpc) is 3.63. The molecule has 5 amide bonds. The molecule has 0 aliphatic carbocycles. The number of carbonyl (C=O) groups is 5. The number of likely N-dealkylation sites (N-methyl/N-ethyl adjacent to an activating group) is 1. The third kappa shape index (κ3) is 15.3. The van der Waals surface area contributed by atoms with Crippen LogP contribution in [-0.2, 0) is 30.3 Å². The summed E-state index contributed by atoms with van der Waals surface area (Å²) in [5, 5.41) is 20.6. The predicted octanol–water partition coefficient (Wildman–Crippen LogP) is 6.38. The number of amides is 5. The first-order valence-electron chi connectivity index (χ1n) is 21.3. The van der Waals surface area contributed by atoms with Crippen molar-refractivity contribution in [3.63, 3.8) is 0 Å². The van der Waals surface area contributed by atoms with Crippen LogP contribution < -0.4 is 16.0 Å². The van der Waals surface area contributed by atoms with Crippen LogP contribution in [0.4, 0.5) is 9.59 Å². The molecular formula is C45H72N6O8. The number of hydroxylamine groups is 2. The van der Waals surface area contributed by atoms with Gasteiger partial charge < -0.3 is 40.4 Å². The second-order valence-electron chi connectivity index (χ2n) is 18.4. The number of alkyl carbamates (subject to hydrolysis) is 2. The van der Waals surface area contributed by atoms with Crippen molar-refractivity contribution in [3.05, 3.63) is 60.2 Å². The second-order valence-corrected chi connectivity index (χ2v) is 18.4. The number of ether oxygens (including phenoxy) is 2. The molecule has 2 aliphatic rings. The predicted molar refractivity (Wildman–Crippen MR) is 228 cm³/mol. The molecular weight excluding hydrogens is 753 g/mol. The fourth-order valence-electron chi connectivity index (χ4n) is 7.94. The molecule has 0 unspecified atom stereocenters. The van der Waals surface area contributed by atoms with Crippen LogP contribution in [0.15, 0.2) is 54.6 Å². The van der Waals surface area contributed by atoms with Gasteiger partial charge in [-0.3, -0.25) is 14.4 Å². The lowest BCUT2D eigenvalue weighted by molar-refractivity contribution is -0.256. The zero-order valence-corrected chi connectivity index (χ0v) is 37.4. The zero-order valence-electron chi connectivity index (χ0n) is 37.4. The third-order valence-electron chi connectivity index (χ3n) is 10.6. The van der Waals surface area contributed by atoms with Gasteiger partial charge >= 0.3 is 12.2 Å². The van der Waals surface area contributed by atoms with Gasteiger partial charge in [-0.25, -0.2) is 9.59 Å². The highest BCUT2D eigenvalue weighted by Crippen LogP contribution is 2.38. The van der Waals surface area contributed by atoms with Gasteiger partial charge in [0.25, 0.3) is 0 Å². The van der Waals surface area contributed by atoms with Gasteiger partial charge in [-0.2, -0.15) is 5.06 Å². The maximum atomic E-state index is 14.4. The summed E-state index contributed by atoms with van der Waals surface area (Å²) in [6.07, 6.45) is 8.16. The molecule has 0 aromatic heterocycles. The summed E-state index contributed by atoms with van der Waals surface area (Å²) in [7, 11) is 0. The third-order valence-corrected chi connectivity index (χ3v) is 10.6. The summed E-state index contributed by atoms with van der Waals surface area (Å²) in [4.78, 5) is 70.9. The van der Waals surface area contributed by atoms with Crippen LogP contribution >= 0.6 is 0 Å². The van der Waals surface area contributed by atoms with E-state index in [-0.39, 0.29) is 43.3 Å². The molecule has 1 fully saturated rings. The average molecular weight is 825 g/mol. The number of hydrogen-bond acceptors (Lipinski definition) is 9. The summed E-state index contributed by atoms with van der Waals surface area (Å²) in [5.41, 5.74) is -0.882. The van der Waals surface area contributed by atoms with E-state index in [4.69, 9.17) is 9.47 Å². The number of nitrogens with one attached hydrogen (secondary N) is 3. The fraction of sp³-hybridized carbons (Fsp3) is 0.667. The van der Waals surface area contributed by atoms with E-state index in [0.717, 1.165) is 5.56 Å². The van der Waals surface area contributed by atoms with E-state index >= 15 is 0 Å². The molecule has 2 heterocycles. The molecule has 1 aromatic carbocycles. The van der Waals surface area contributed by atoms with Gasteiger partial charge in [-0.05, 0) is 99.5 Å². The van der Waals surface area contributed by atoms with E-state index in [1.54, 1.807) is 37.8 Å². The molecule has 1 saturated heterocycles. The van der Waals surface area contributed by atoms with Crippen LogP contribution in [0.5, 0.6) is 0 Å². The van der Waals surface area contributed by atoms with Crippen LogP contribution in [0.25, 0.3) is 0 Å². The topological polar surface area (TPSA) is 170 Å². The van der Waals surface area contributed by atoms with E-state index in [9.17, 15) is 29.2 Å². The van der Waals surface area contributed by atoms with E-state index in [2.05, 4.69) is 29.8 Å². The van der Waals surface area contributed by atoms with Crippen LogP contribution in [-0.4, -0.2) is 117 Å². The minimum atomic E-state index is -0.945. The molecule has 2 aliphatic heterocycles. The summed E-state index contributed by atoms with van der Waals surface area (Å²) in [5.74, 6) is -1.40. The number of hydrogen-bond donors (Lipinski definition) is 4. The first kappa shape index (κ1) is 48.9. The molecule has 0 radical (unpaired) electrons. The van der Waals surface area contributed by atoms with Gasteiger partial charge in [0.1, 0.15) is 23.8 Å². The van der Waals surface area contributed by atoms with Gasteiger partial charge in [-0.1, -0.05) is 68.5 Å². The maximum Gasteiger partial charge on any atom is 0.408 e. The maximum absolute atomic E-state index is 14.4. The lowest BCUT2D eigenvalue weighted by atomic mass is 9.80. The molecule has 0 spiro atoms. The Morgan fingerprint density at radius 2 is 1.58 bits per heavy atom. The molecule has 0 saturated carbocycles. The van der Waals surface area contributed by atoms with Gasteiger partial charge in [0.2, 0.25) is 17.7 Å². The molecule has 14 nitrogen and oxygen atoms in total. The Morgan fingerprint density at radius 1 is 0.949 bits per heavy atom. The minimum Gasteiger partial charge on any atom is -0.446 e. The van der Waals surface area contributed by atoms with Crippen molar-refractivity contribution < 1.29 is 38.7 Å². The lowest BCUT2D eigenvalue weighted by Crippen LogP contribution is -2.61. The Bertz CT molecular complexity index is 1600. The SMILES string of the molecule is CCN(CC)C(=O)[C@H](CCCNC(=O)OC1CC(C)(C)N(O)C(C)(C)C1)NC(=O)[C@@H]1C=CCN1C(=O)[C@H](/C=C/[C@H](CC(C)C)NC(=O)OC(C)(C)C)Cc1ccccc1. The van der Waals surface area contributed by atoms with Crippen molar-refractivity contribution in [2.75, 3.05) is 26.2 Å². The number of carbonyl (C=O) groups excluding carboxylic acids is 5. The molecule has 14 heteroatoms. The zero-order chi connectivity index (χ0) is 44.1. The van der Waals surface area contributed by atoms with Crippen molar-refractivity contribution in [2.45, 2.75) is 156 Å². The largest absolute Gasteiger partial charge is 0.446 e. The normalized spacial score (nSPS) is 19.5. The summed E-state index contributed by atoms with van der Waals surface area (Å²) in [6.45, 7) is 22.2. The van der Waals surface area contributed by atoms with Crippen molar-refractivity contribution in [2.24, 2.45) is 11.8 Å². The van der Waals surface area contributed by atoms with Crippen LogP contribution in [0, 0.1) is 11.8 Å². The lowest BCUT2D eigenvalue weighted by Gasteiger charge is -2.50. The molecule has 4 atom stereocenters. The van der Waals surface area contributed by atoms with Crippen LogP contribution in [0.2, 0.25) is 0 Å². The molecule has 59 heavy (non-hydrogen) atoms. The van der Waals surface area contributed by atoms with Gasteiger partial charge in [0, 0.05) is 50.1 Å². The Kier molecular flexibility index (Phi) is 18.0. The molecule has 0 bridgehead atoms. The van der Waals surface area contributed by atoms with Gasteiger partial charge in [-0.15, -0.1) is 0 Å². The first-order valence-corrected chi connectivity index (χ1v) is 21.3. The molecule has 4 N–H and O–H groups in total. The van der Waals surface area contributed by atoms with Gasteiger partial charge in [0.15, 0.2) is 0 Å². The molecule has 330 valence electrons. The minimum absolute atomic E-state index is 0.213. The first-order chi connectivity index (χ1) is 27.6. The number of nitrogens with zero attached hydrogens (tertiary/aromatic N) is 3. The molecule has 3 rings (SSSR count). The van der Waals surface area contributed by atoms with Crippen molar-refractivity contribution in [1.29, 1.82) is 0 Å². The Labute approximate surface area is 352 Å². The second kappa shape index (κ2) is 21.7. The quantitative estimate of drug-likeness (QED) is 0.0970. The van der Waals surface area contributed by atoms with Crippen LogP contribution in [0.3, 0.4) is 0 Å². The van der Waals surface area contributed by atoms with Crippen molar-refractivity contribution >= 4 is 29.9 Å². The Morgan fingerprint density at radius 3 is 2.15 bits per heavy atom. The standard InChI is InChI=1S/C45H72N6O8/c1-12-49(13-2)40(54)36(21-17-25-46-41(55)58-35-29-44(8,9)51(57)45(10,11)30-35)48-38(52)37-22-18-26-50(37)39(53)33(28-32-19-15-14-16-20-32)23-24-34(27-31(3)4)47-42(56)59-43(5,6)7/h14-16,18-20,22-24,31,33-37,57H,12-13,17,21,25-30H2,1-11H3,(H,46,55)(H,47,56)(H,48,52)/b24-23+/t33-,34-,36+,37+/m1/s1. The number of benzene rings is 1. The highest BCUT2D eigenvalue weighted by molar-refractivity contribution is 5.94. The number of piperidine rings is 1. The smallest absolute Gasteiger partial charge is 0.408 e. The van der Waals surface area contributed by atoms with E-state index in [1.807, 2.05) is 84.0 Å². The summed E-state index contributed by atoms with van der Waals surface area (Å²) < 4.78 is 11.2. The fourth-order valence-corrected chi connectivity index (χ4v) is 7.94. The van der Waals surface area contributed by atoms with E-state index in [1.165, 1.54) is 9.96 Å². The van der Waals surface area contributed by atoms with E-state index < -0.39 is 58.8 Å². The summed E-state index contributed by atoms with van der Waals surface area (Å²) >= 11 is 0. The molecule has 1 aromatic rings. The monoisotopic (exact) mass is 825 g/mol. The van der Waals surface area contributed by atoms with Crippen molar-refractivity contribution in [3.8, 4) is 0 Å². The highest BCUT2D eigenvalue weighted by Gasteiger charge is 2.46. The Balaban J connectivity index is 1.74. The van der Waals surface area contributed by atoms with Crippen molar-refractivity contribution in [1.82, 2.24) is 30.8 Å². The summed E-state index contributed by atoms with van der Waals surface area (Å²) in [6, 6.07) is 7.40. The van der Waals surface area contributed by atoms with Gasteiger partial charge in [0.05, 0.1) is 12.0 Å². The Hall–Kier alpha value is -4.43.